The third kappa shape index (κ3) is 4.14. The van der Waals surface area contributed by atoms with Crippen LogP contribution in [0.4, 0.5) is 5.95 Å². The van der Waals surface area contributed by atoms with Gasteiger partial charge >= 0.3 is 0 Å². The molecule has 1 aromatic rings. The lowest BCUT2D eigenvalue weighted by molar-refractivity contribution is 0.624. The van der Waals surface area contributed by atoms with Crippen molar-refractivity contribution < 1.29 is 0 Å². The fourth-order valence-corrected chi connectivity index (χ4v) is 1.32. The second-order valence-corrected chi connectivity index (χ2v) is 4.96. The number of rotatable bonds is 4. The number of hydrogen-bond acceptors (Lipinski definition) is 4. The summed E-state index contributed by atoms with van der Waals surface area (Å²) < 4.78 is 0. The van der Waals surface area contributed by atoms with E-state index in [0.717, 1.165) is 24.3 Å². The molecule has 0 aliphatic carbocycles. The van der Waals surface area contributed by atoms with Crippen molar-refractivity contribution in [3.05, 3.63) is 17.5 Å². The summed E-state index contributed by atoms with van der Waals surface area (Å²) in [6.45, 7) is 12.2. The van der Waals surface area contributed by atoms with Gasteiger partial charge in [-0.05, 0) is 34.2 Å². The maximum Gasteiger partial charge on any atom is 0.223 e. The van der Waals surface area contributed by atoms with Gasteiger partial charge in [-0.15, -0.1) is 0 Å². The first-order chi connectivity index (χ1) is 7.42. The van der Waals surface area contributed by atoms with E-state index in [4.69, 9.17) is 0 Å². The largest absolute Gasteiger partial charge is 0.350 e. The summed E-state index contributed by atoms with van der Waals surface area (Å²) in [5.41, 5.74) is 2.18. The van der Waals surface area contributed by atoms with Crippen LogP contribution < -0.4 is 10.6 Å². The van der Waals surface area contributed by atoms with Crippen LogP contribution in [0.2, 0.25) is 0 Å². The number of hydrogen-bond donors (Lipinski definition) is 2. The van der Waals surface area contributed by atoms with Gasteiger partial charge in [0, 0.05) is 29.5 Å². The van der Waals surface area contributed by atoms with Crippen LogP contribution in [0.3, 0.4) is 0 Å². The molecule has 0 saturated heterocycles. The third-order valence-electron chi connectivity index (χ3n) is 2.13. The van der Waals surface area contributed by atoms with Gasteiger partial charge < -0.3 is 10.6 Å². The molecule has 16 heavy (non-hydrogen) atoms. The maximum absolute atomic E-state index is 4.45. The van der Waals surface area contributed by atoms with Crippen molar-refractivity contribution in [3.8, 4) is 0 Å². The topological polar surface area (TPSA) is 49.8 Å². The van der Waals surface area contributed by atoms with Gasteiger partial charge in [-0.3, -0.25) is 0 Å². The monoisotopic (exact) mass is 222 g/mol. The fraction of sp³-hybridized carbons (Fsp3) is 0.667. The van der Waals surface area contributed by atoms with E-state index in [2.05, 4.69) is 48.3 Å². The van der Waals surface area contributed by atoms with Crippen molar-refractivity contribution in [2.24, 2.45) is 0 Å². The van der Waals surface area contributed by atoms with Crippen LogP contribution in [-0.2, 0) is 6.54 Å². The molecule has 1 heterocycles. The molecule has 0 saturated carbocycles. The van der Waals surface area contributed by atoms with Crippen LogP contribution in [0.5, 0.6) is 0 Å². The first kappa shape index (κ1) is 12.9. The summed E-state index contributed by atoms with van der Waals surface area (Å²) in [5, 5.41) is 6.54. The first-order valence-electron chi connectivity index (χ1n) is 5.74. The Morgan fingerprint density at radius 2 is 2.00 bits per heavy atom. The summed E-state index contributed by atoms with van der Waals surface area (Å²) in [6, 6.07) is 0. The van der Waals surface area contributed by atoms with Gasteiger partial charge in [-0.1, -0.05) is 6.92 Å². The van der Waals surface area contributed by atoms with E-state index in [-0.39, 0.29) is 5.54 Å². The number of nitrogens with zero attached hydrogens (tertiary/aromatic N) is 2. The van der Waals surface area contributed by atoms with Crippen molar-refractivity contribution in [3.63, 3.8) is 0 Å². The van der Waals surface area contributed by atoms with Crippen LogP contribution in [0.25, 0.3) is 0 Å². The Kier molecular flexibility index (Phi) is 4.24. The van der Waals surface area contributed by atoms with Crippen molar-refractivity contribution in [1.82, 2.24) is 15.3 Å². The zero-order valence-corrected chi connectivity index (χ0v) is 10.9. The third-order valence-corrected chi connectivity index (χ3v) is 2.13. The summed E-state index contributed by atoms with van der Waals surface area (Å²) in [6.07, 6.45) is 1.89. The smallest absolute Gasteiger partial charge is 0.223 e. The van der Waals surface area contributed by atoms with E-state index in [1.54, 1.807) is 0 Å². The molecule has 0 amide bonds. The Morgan fingerprint density at radius 3 is 2.50 bits per heavy atom. The lowest BCUT2D eigenvalue weighted by atomic mass is 10.1. The second kappa shape index (κ2) is 5.25. The van der Waals surface area contributed by atoms with E-state index in [0.29, 0.717) is 5.95 Å². The minimum atomic E-state index is -0.00434. The Balaban J connectivity index is 2.74. The van der Waals surface area contributed by atoms with Crippen molar-refractivity contribution in [2.45, 2.75) is 46.7 Å². The molecular formula is C12H22N4. The summed E-state index contributed by atoms with van der Waals surface area (Å²) >= 11 is 0. The van der Waals surface area contributed by atoms with Crippen molar-refractivity contribution in [2.75, 3.05) is 11.9 Å². The predicted octanol–water partition coefficient (Wildman–Crippen LogP) is 2.10. The molecule has 4 nitrogen and oxygen atoms in total. The number of aryl methyl sites for hydroxylation is 1. The van der Waals surface area contributed by atoms with Crippen molar-refractivity contribution in [1.29, 1.82) is 0 Å². The highest BCUT2D eigenvalue weighted by Gasteiger charge is 2.11. The molecule has 4 heteroatoms. The van der Waals surface area contributed by atoms with Crippen LogP contribution >= 0.6 is 0 Å². The number of anilines is 1. The van der Waals surface area contributed by atoms with E-state index >= 15 is 0 Å². The molecule has 0 aliphatic heterocycles. The maximum atomic E-state index is 4.45. The summed E-state index contributed by atoms with van der Waals surface area (Å²) in [5.74, 6) is 0.699. The quantitative estimate of drug-likeness (QED) is 0.819. The summed E-state index contributed by atoms with van der Waals surface area (Å²) in [4.78, 5) is 8.76. The van der Waals surface area contributed by atoms with Crippen LogP contribution in [-0.4, -0.2) is 22.1 Å². The standard InChI is InChI=1S/C12H22N4/c1-6-13-7-10-8-14-11(15-9(10)2)16-12(3,4)5/h8,13H,6-7H2,1-5H3,(H,14,15,16). The van der Waals surface area contributed by atoms with Crippen LogP contribution in [0.1, 0.15) is 39.0 Å². The van der Waals surface area contributed by atoms with E-state index in [1.165, 1.54) is 0 Å². The molecule has 1 aromatic heterocycles. The van der Waals surface area contributed by atoms with Gasteiger partial charge in [0.25, 0.3) is 0 Å². The molecule has 2 N–H and O–H groups in total. The normalized spacial score (nSPS) is 11.6. The average Bonchev–Trinajstić information content (AvgIpc) is 2.14. The molecule has 0 aromatic carbocycles. The first-order valence-corrected chi connectivity index (χ1v) is 5.74. The second-order valence-electron chi connectivity index (χ2n) is 4.96. The highest BCUT2D eigenvalue weighted by Crippen LogP contribution is 2.11. The lowest BCUT2D eigenvalue weighted by Crippen LogP contribution is -2.27. The Hall–Kier alpha value is -1.16. The van der Waals surface area contributed by atoms with Crippen LogP contribution in [0, 0.1) is 6.92 Å². The van der Waals surface area contributed by atoms with Gasteiger partial charge in [-0.25, -0.2) is 9.97 Å². The van der Waals surface area contributed by atoms with Crippen LogP contribution in [0.15, 0.2) is 6.20 Å². The molecule has 0 spiro atoms. The fourth-order valence-electron chi connectivity index (χ4n) is 1.32. The number of aromatic nitrogens is 2. The Bertz CT molecular complexity index is 341. The molecule has 1 rings (SSSR count). The van der Waals surface area contributed by atoms with Gasteiger partial charge in [0.1, 0.15) is 0 Å². The van der Waals surface area contributed by atoms with E-state index in [9.17, 15) is 0 Å². The highest BCUT2D eigenvalue weighted by atomic mass is 15.1. The summed E-state index contributed by atoms with van der Waals surface area (Å²) in [7, 11) is 0. The molecular weight excluding hydrogens is 200 g/mol. The molecule has 0 fully saturated rings. The van der Waals surface area contributed by atoms with Gasteiger partial charge in [0.15, 0.2) is 0 Å². The van der Waals surface area contributed by atoms with E-state index in [1.807, 2.05) is 13.1 Å². The predicted molar refractivity (Wildman–Crippen MR) is 67.5 cm³/mol. The number of nitrogens with one attached hydrogen (secondary N) is 2. The SMILES string of the molecule is CCNCc1cnc(NC(C)(C)C)nc1C. The zero-order valence-electron chi connectivity index (χ0n) is 10.9. The average molecular weight is 222 g/mol. The molecule has 0 unspecified atom stereocenters. The minimum Gasteiger partial charge on any atom is -0.350 e. The Labute approximate surface area is 97.9 Å². The highest BCUT2D eigenvalue weighted by molar-refractivity contribution is 5.31. The van der Waals surface area contributed by atoms with E-state index < -0.39 is 0 Å². The Morgan fingerprint density at radius 1 is 1.31 bits per heavy atom. The molecule has 0 atom stereocenters. The minimum absolute atomic E-state index is 0.00434. The molecule has 0 bridgehead atoms. The van der Waals surface area contributed by atoms with Gasteiger partial charge in [-0.2, -0.15) is 0 Å². The van der Waals surface area contributed by atoms with Gasteiger partial charge in [0.2, 0.25) is 5.95 Å². The molecule has 90 valence electrons. The van der Waals surface area contributed by atoms with Gasteiger partial charge in [0.05, 0.1) is 0 Å². The lowest BCUT2D eigenvalue weighted by Gasteiger charge is -2.20. The molecule has 0 aliphatic rings. The zero-order chi connectivity index (χ0) is 12.2. The van der Waals surface area contributed by atoms with Crippen molar-refractivity contribution >= 4 is 5.95 Å². The molecule has 0 radical (unpaired) electrons.